The molecular formula is C8H17N. The molecule has 1 nitrogen and oxygen atoms in total. The maximum atomic E-state index is 3.50. The molecule has 0 amide bonds. The fourth-order valence-corrected chi connectivity index (χ4v) is 0.244. The standard InChI is InChI=1S/C6H11N.C2H6/c1-4-6(3)7-5-2;1-2/h4-5,7H,2H2,1,3H3;1-2H3/b6-4-;. The molecule has 0 aromatic carbocycles. The predicted octanol–water partition coefficient (Wildman–Crippen LogP) is 2.67. The molecule has 0 aliphatic carbocycles. The zero-order valence-electron chi connectivity index (χ0n) is 6.86. The lowest BCUT2D eigenvalue weighted by Crippen LogP contribution is -1.97. The normalized spacial score (nSPS) is 9.11. The minimum atomic E-state index is 1.13. The van der Waals surface area contributed by atoms with Crippen LogP contribution in [0.1, 0.15) is 27.7 Å². The number of allylic oxidation sites excluding steroid dienone is 2. The molecule has 1 N–H and O–H groups in total. The van der Waals surface area contributed by atoms with Crippen LogP contribution in [-0.4, -0.2) is 0 Å². The van der Waals surface area contributed by atoms with Crippen LogP contribution in [0.2, 0.25) is 0 Å². The van der Waals surface area contributed by atoms with Crippen molar-refractivity contribution in [2.24, 2.45) is 0 Å². The van der Waals surface area contributed by atoms with Crippen LogP contribution in [0.3, 0.4) is 0 Å². The molecule has 0 aliphatic heterocycles. The van der Waals surface area contributed by atoms with Crippen LogP contribution in [-0.2, 0) is 0 Å². The molecule has 0 fully saturated rings. The van der Waals surface area contributed by atoms with Crippen LogP contribution in [0.15, 0.2) is 24.6 Å². The van der Waals surface area contributed by atoms with E-state index in [1.165, 1.54) is 0 Å². The average molecular weight is 127 g/mol. The molecule has 0 spiro atoms. The van der Waals surface area contributed by atoms with Crippen LogP contribution >= 0.6 is 0 Å². The lowest BCUT2D eigenvalue weighted by Gasteiger charge is -1.93. The Labute approximate surface area is 58.5 Å². The first kappa shape index (κ1) is 11.1. The van der Waals surface area contributed by atoms with Crippen molar-refractivity contribution < 1.29 is 0 Å². The van der Waals surface area contributed by atoms with E-state index in [-0.39, 0.29) is 0 Å². The summed E-state index contributed by atoms with van der Waals surface area (Å²) in [5.74, 6) is 0. The highest BCUT2D eigenvalue weighted by Crippen LogP contribution is 1.81. The molecule has 0 saturated carbocycles. The van der Waals surface area contributed by atoms with Gasteiger partial charge in [-0.25, -0.2) is 0 Å². The second-order valence-corrected chi connectivity index (χ2v) is 1.32. The van der Waals surface area contributed by atoms with E-state index in [1.54, 1.807) is 6.20 Å². The van der Waals surface area contributed by atoms with Gasteiger partial charge in [0.15, 0.2) is 0 Å². The highest BCUT2D eigenvalue weighted by molar-refractivity contribution is 4.95. The SMILES string of the molecule is C=CN/C(C)=C\C.CC. The van der Waals surface area contributed by atoms with Gasteiger partial charge in [0.05, 0.1) is 0 Å². The maximum absolute atomic E-state index is 3.50. The van der Waals surface area contributed by atoms with Gasteiger partial charge in [0.1, 0.15) is 0 Å². The monoisotopic (exact) mass is 127 g/mol. The summed E-state index contributed by atoms with van der Waals surface area (Å²) >= 11 is 0. The lowest BCUT2D eigenvalue weighted by molar-refractivity contribution is 1.06. The first-order valence-corrected chi connectivity index (χ1v) is 3.31. The Morgan fingerprint density at radius 1 is 1.44 bits per heavy atom. The molecule has 0 atom stereocenters. The molecule has 0 aliphatic rings. The lowest BCUT2D eigenvalue weighted by atomic mass is 10.5. The molecule has 0 aromatic heterocycles. The van der Waals surface area contributed by atoms with Crippen molar-refractivity contribution in [3.63, 3.8) is 0 Å². The van der Waals surface area contributed by atoms with Gasteiger partial charge in [0.2, 0.25) is 0 Å². The first-order chi connectivity index (χ1) is 4.31. The quantitative estimate of drug-likeness (QED) is 0.601. The number of hydrogen-bond acceptors (Lipinski definition) is 1. The van der Waals surface area contributed by atoms with Crippen molar-refractivity contribution in [3.05, 3.63) is 24.6 Å². The smallest absolute Gasteiger partial charge is 0.00712 e. The van der Waals surface area contributed by atoms with Crippen LogP contribution in [0, 0.1) is 0 Å². The minimum Gasteiger partial charge on any atom is -0.366 e. The van der Waals surface area contributed by atoms with E-state index in [2.05, 4.69) is 11.9 Å². The Morgan fingerprint density at radius 3 is 2.00 bits per heavy atom. The summed E-state index contributed by atoms with van der Waals surface area (Å²) in [7, 11) is 0. The Hall–Kier alpha value is -0.720. The van der Waals surface area contributed by atoms with Crippen LogP contribution in [0.5, 0.6) is 0 Å². The van der Waals surface area contributed by atoms with Gasteiger partial charge in [-0.15, -0.1) is 0 Å². The maximum Gasteiger partial charge on any atom is 0.00712 e. The van der Waals surface area contributed by atoms with E-state index in [0.29, 0.717) is 0 Å². The molecule has 54 valence electrons. The molecule has 0 heterocycles. The Balaban J connectivity index is 0. The molecule has 0 radical (unpaired) electrons. The first-order valence-electron chi connectivity index (χ1n) is 3.31. The number of rotatable bonds is 2. The summed E-state index contributed by atoms with van der Waals surface area (Å²) in [4.78, 5) is 0. The van der Waals surface area contributed by atoms with E-state index in [0.717, 1.165) is 5.70 Å². The minimum absolute atomic E-state index is 1.13. The average Bonchev–Trinajstić information content (AvgIpc) is 1.93. The van der Waals surface area contributed by atoms with Crippen LogP contribution in [0.4, 0.5) is 0 Å². The van der Waals surface area contributed by atoms with Crippen molar-refractivity contribution in [1.29, 1.82) is 0 Å². The summed E-state index contributed by atoms with van der Waals surface area (Å²) in [6.45, 7) is 11.5. The van der Waals surface area contributed by atoms with E-state index in [4.69, 9.17) is 0 Å². The summed E-state index contributed by atoms with van der Waals surface area (Å²) in [5.41, 5.74) is 1.13. The molecule has 0 bridgehead atoms. The Morgan fingerprint density at radius 2 is 1.89 bits per heavy atom. The number of nitrogens with one attached hydrogen (secondary N) is 1. The highest BCUT2D eigenvalue weighted by atomic mass is 14.8. The van der Waals surface area contributed by atoms with E-state index in [1.807, 2.05) is 33.8 Å². The summed E-state index contributed by atoms with van der Waals surface area (Å²) in [6, 6.07) is 0. The summed E-state index contributed by atoms with van der Waals surface area (Å²) in [5, 5.41) is 2.92. The molecule has 1 heteroatoms. The zero-order chi connectivity index (χ0) is 7.70. The van der Waals surface area contributed by atoms with Gasteiger partial charge in [-0.05, 0) is 20.0 Å². The zero-order valence-corrected chi connectivity index (χ0v) is 6.86. The van der Waals surface area contributed by atoms with E-state index < -0.39 is 0 Å². The van der Waals surface area contributed by atoms with Crippen molar-refractivity contribution in [3.8, 4) is 0 Å². The summed E-state index contributed by atoms with van der Waals surface area (Å²) in [6.07, 6.45) is 3.65. The molecule has 0 aromatic rings. The second-order valence-electron chi connectivity index (χ2n) is 1.32. The van der Waals surface area contributed by atoms with Gasteiger partial charge < -0.3 is 5.32 Å². The second kappa shape index (κ2) is 10.3. The third kappa shape index (κ3) is 11.1. The molecular weight excluding hydrogens is 110 g/mol. The molecule has 9 heavy (non-hydrogen) atoms. The van der Waals surface area contributed by atoms with Gasteiger partial charge in [0.25, 0.3) is 0 Å². The highest BCUT2D eigenvalue weighted by Gasteiger charge is 1.72. The molecule has 0 unspecified atom stereocenters. The molecule has 0 rings (SSSR count). The Bertz CT molecular complexity index is 82.6. The molecule has 0 saturated heterocycles. The van der Waals surface area contributed by atoms with E-state index >= 15 is 0 Å². The summed E-state index contributed by atoms with van der Waals surface area (Å²) < 4.78 is 0. The van der Waals surface area contributed by atoms with Crippen molar-refractivity contribution in [2.45, 2.75) is 27.7 Å². The van der Waals surface area contributed by atoms with Crippen LogP contribution < -0.4 is 5.32 Å². The fourth-order valence-electron chi connectivity index (χ4n) is 0.244. The van der Waals surface area contributed by atoms with Gasteiger partial charge >= 0.3 is 0 Å². The van der Waals surface area contributed by atoms with Gasteiger partial charge in [-0.3, -0.25) is 0 Å². The topological polar surface area (TPSA) is 12.0 Å². The Kier molecular flexibility index (Phi) is 12.7. The van der Waals surface area contributed by atoms with Crippen molar-refractivity contribution >= 4 is 0 Å². The van der Waals surface area contributed by atoms with Crippen LogP contribution in [0.25, 0.3) is 0 Å². The fraction of sp³-hybridized carbons (Fsp3) is 0.500. The third-order valence-corrected chi connectivity index (χ3v) is 0.763. The van der Waals surface area contributed by atoms with Crippen molar-refractivity contribution in [1.82, 2.24) is 5.32 Å². The van der Waals surface area contributed by atoms with Crippen molar-refractivity contribution in [2.75, 3.05) is 0 Å². The van der Waals surface area contributed by atoms with Gasteiger partial charge in [-0.2, -0.15) is 0 Å². The van der Waals surface area contributed by atoms with Gasteiger partial charge in [-0.1, -0.05) is 26.5 Å². The number of hydrogen-bond donors (Lipinski definition) is 1. The van der Waals surface area contributed by atoms with Gasteiger partial charge in [0, 0.05) is 5.70 Å². The largest absolute Gasteiger partial charge is 0.366 e. The third-order valence-electron chi connectivity index (χ3n) is 0.763. The predicted molar refractivity (Wildman–Crippen MR) is 44.1 cm³/mol. The van der Waals surface area contributed by atoms with E-state index in [9.17, 15) is 0 Å².